The molecule has 0 radical (unpaired) electrons. The van der Waals surface area contributed by atoms with Crippen LogP contribution in [0, 0.1) is 0 Å². The van der Waals surface area contributed by atoms with Gasteiger partial charge in [0, 0.05) is 19.3 Å². The van der Waals surface area contributed by atoms with E-state index >= 15 is 0 Å². The van der Waals surface area contributed by atoms with Crippen LogP contribution in [0.5, 0.6) is 0 Å². The Kier molecular flexibility index (Phi) is 3.73. The minimum absolute atomic E-state index is 0.199. The number of hydrogen-bond donors (Lipinski definition) is 2. The Bertz CT molecular complexity index is 715. The standard InChI is InChI=1S/C10H13N7O3/c1-6(9-12-14-15-13-9)11-7(18)5-17-4-3-8(19)16(2)10(17)20/h3-4,6H,5H2,1-2H3,(H,11,18)(H,12,13,14,15). The van der Waals surface area contributed by atoms with Crippen molar-refractivity contribution in [2.24, 2.45) is 7.05 Å². The van der Waals surface area contributed by atoms with Crippen molar-refractivity contribution in [3.8, 4) is 0 Å². The van der Waals surface area contributed by atoms with Gasteiger partial charge in [0.2, 0.25) is 5.91 Å². The lowest BCUT2D eigenvalue weighted by Gasteiger charge is -2.11. The Balaban J connectivity index is 2.07. The van der Waals surface area contributed by atoms with Crippen molar-refractivity contribution in [1.29, 1.82) is 0 Å². The van der Waals surface area contributed by atoms with Crippen molar-refractivity contribution in [1.82, 2.24) is 35.1 Å². The minimum Gasteiger partial charge on any atom is -0.345 e. The fourth-order valence-electron chi connectivity index (χ4n) is 1.60. The average Bonchev–Trinajstić information content (AvgIpc) is 2.93. The molecular weight excluding hydrogens is 266 g/mol. The third-order valence-corrected chi connectivity index (χ3v) is 2.70. The molecule has 0 fully saturated rings. The van der Waals surface area contributed by atoms with E-state index in [1.54, 1.807) is 6.92 Å². The van der Waals surface area contributed by atoms with Crippen LogP contribution in [-0.2, 0) is 18.4 Å². The average molecular weight is 279 g/mol. The number of H-pyrrole nitrogens is 1. The first-order valence-corrected chi connectivity index (χ1v) is 5.78. The van der Waals surface area contributed by atoms with E-state index in [0.717, 1.165) is 9.13 Å². The first kappa shape index (κ1) is 13.6. The molecule has 1 amide bonds. The summed E-state index contributed by atoms with van der Waals surface area (Å²) in [6, 6.07) is 0.779. The lowest BCUT2D eigenvalue weighted by molar-refractivity contribution is -0.122. The molecule has 10 nitrogen and oxygen atoms in total. The van der Waals surface area contributed by atoms with E-state index in [2.05, 4.69) is 25.9 Å². The van der Waals surface area contributed by atoms with Gasteiger partial charge in [-0.25, -0.2) is 4.79 Å². The van der Waals surface area contributed by atoms with Crippen LogP contribution in [-0.4, -0.2) is 35.7 Å². The topological polar surface area (TPSA) is 128 Å². The van der Waals surface area contributed by atoms with Gasteiger partial charge in [-0.2, -0.15) is 5.21 Å². The van der Waals surface area contributed by atoms with E-state index in [-0.39, 0.29) is 6.54 Å². The summed E-state index contributed by atoms with van der Waals surface area (Å²) in [5, 5.41) is 15.8. The maximum Gasteiger partial charge on any atom is 0.331 e. The fourth-order valence-corrected chi connectivity index (χ4v) is 1.60. The second kappa shape index (κ2) is 5.47. The summed E-state index contributed by atoms with van der Waals surface area (Å²) in [6.07, 6.45) is 1.28. The lowest BCUT2D eigenvalue weighted by atomic mass is 10.3. The number of amides is 1. The molecule has 2 aromatic heterocycles. The Labute approximate surface area is 112 Å². The smallest absolute Gasteiger partial charge is 0.331 e. The third kappa shape index (κ3) is 2.79. The number of tetrazole rings is 1. The number of aromatic amines is 1. The van der Waals surface area contributed by atoms with Crippen LogP contribution in [0.2, 0.25) is 0 Å². The van der Waals surface area contributed by atoms with E-state index in [0.29, 0.717) is 5.82 Å². The molecule has 0 saturated carbocycles. The number of rotatable bonds is 4. The molecule has 2 rings (SSSR count). The van der Waals surface area contributed by atoms with Crippen LogP contribution in [0.15, 0.2) is 21.9 Å². The quantitative estimate of drug-likeness (QED) is 0.662. The van der Waals surface area contributed by atoms with E-state index in [1.807, 2.05) is 0 Å². The normalized spacial score (nSPS) is 12.1. The van der Waals surface area contributed by atoms with Crippen LogP contribution >= 0.6 is 0 Å². The fraction of sp³-hybridized carbons (Fsp3) is 0.400. The first-order valence-electron chi connectivity index (χ1n) is 5.78. The highest BCUT2D eigenvalue weighted by Gasteiger charge is 2.14. The van der Waals surface area contributed by atoms with Crippen molar-refractivity contribution >= 4 is 5.91 Å². The van der Waals surface area contributed by atoms with Gasteiger partial charge in [0.05, 0.1) is 6.04 Å². The van der Waals surface area contributed by atoms with E-state index in [9.17, 15) is 14.4 Å². The van der Waals surface area contributed by atoms with Crippen LogP contribution in [0.4, 0.5) is 0 Å². The molecule has 0 saturated heterocycles. The molecule has 1 unspecified atom stereocenters. The Morgan fingerprint density at radius 2 is 2.25 bits per heavy atom. The van der Waals surface area contributed by atoms with Crippen LogP contribution in [0.25, 0.3) is 0 Å². The maximum atomic E-state index is 11.8. The summed E-state index contributed by atoms with van der Waals surface area (Å²) < 4.78 is 2.07. The predicted molar refractivity (Wildman–Crippen MR) is 66.7 cm³/mol. The molecule has 2 heterocycles. The molecule has 2 N–H and O–H groups in total. The summed E-state index contributed by atoms with van der Waals surface area (Å²) >= 11 is 0. The number of nitrogens with one attached hydrogen (secondary N) is 2. The molecule has 0 bridgehead atoms. The SMILES string of the molecule is CC(NC(=O)Cn1ccc(=O)n(C)c1=O)c1nn[nH]n1. The zero-order valence-corrected chi connectivity index (χ0v) is 10.9. The van der Waals surface area contributed by atoms with E-state index in [1.165, 1.54) is 19.3 Å². The molecule has 0 spiro atoms. The number of nitrogens with zero attached hydrogens (tertiary/aromatic N) is 5. The van der Waals surface area contributed by atoms with Crippen molar-refractivity contribution in [2.75, 3.05) is 0 Å². The van der Waals surface area contributed by atoms with Gasteiger partial charge in [0.1, 0.15) is 6.54 Å². The molecule has 0 aliphatic rings. The molecule has 2 aromatic rings. The van der Waals surface area contributed by atoms with Crippen LogP contribution in [0.3, 0.4) is 0 Å². The molecule has 0 aromatic carbocycles. The van der Waals surface area contributed by atoms with Crippen LogP contribution < -0.4 is 16.6 Å². The maximum absolute atomic E-state index is 11.8. The largest absolute Gasteiger partial charge is 0.345 e. The lowest BCUT2D eigenvalue weighted by Crippen LogP contribution is -2.40. The summed E-state index contributed by atoms with van der Waals surface area (Å²) in [6.45, 7) is 1.49. The van der Waals surface area contributed by atoms with E-state index in [4.69, 9.17) is 0 Å². The summed E-state index contributed by atoms with van der Waals surface area (Å²) in [4.78, 5) is 34.8. The highest BCUT2D eigenvalue weighted by Crippen LogP contribution is 2.02. The first-order chi connectivity index (χ1) is 9.49. The Morgan fingerprint density at radius 1 is 1.50 bits per heavy atom. The Morgan fingerprint density at radius 3 is 2.90 bits per heavy atom. The van der Waals surface area contributed by atoms with Crippen molar-refractivity contribution < 1.29 is 4.79 Å². The van der Waals surface area contributed by atoms with Crippen molar-refractivity contribution in [3.05, 3.63) is 38.9 Å². The molecule has 0 aliphatic carbocycles. The van der Waals surface area contributed by atoms with Gasteiger partial charge in [0.15, 0.2) is 5.82 Å². The number of carbonyl (C=O) groups excluding carboxylic acids is 1. The molecular formula is C10H13N7O3. The molecule has 0 aliphatic heterocycles. The third-order valence-electron chi connectivity index (χ3n) is 2.70. The second-order valence-corrected chi connectivity index (χ2v) is 4.18. The van der Waals surface area contributed by atoms with Gasteiger partial charge < -0.3 is 5.32 Å². The van der Waals surface area contributed by atoms with Crippen LogP contribution in [0.1, 0.15) is 18.8 Å². The minimum atomic E-state index is -0.556. The summed E-state index contributed by atoms with van der Waals surface area (Å²) in [5.41, 5.74) is -0.980. The predicted octanol–water partition coefficient (Wildman–Crippen LogP) is -2.06. The van der Waals surface area contributed by atoms with Gasteiger partial charge in [-0.3, -0.25) is 18.7 Å². The van der Waals surface area contributed by atoms with Gasteiger partial charge >= 0.3 is 5.69 Å². The number of carbonyl (C=O) groups is 1. The summed E-state index contributed by atoms with van der Waals surface area (Å²) in [5.74, 6) is -0.0609. The van der Waals surface area contributed by atoms with Gasteiger partial charge in [-0.15, -0.1) is 10.2 Å². The highest BCUT2D eigenvalue weighted by molar-refractivity contribution is 5.76. The zero-order valence-electron chi connectivity index (χ0n) is 10.9. The highest BCUT2D eigenvalue weighted by atomic mass is 16.2. The molecule has 20 heavy (non-hydrogen) atoms. The zero-order chi connectivity index (χ0) is 14.7. The monoisotopic (exact) mass is 279 g/mol. The van der Waals surface area contributed by atoms with Gasteiger partial charge in [-0.05, 0) is 6.92 Å². The Hall–Kier alpha value is -2.78. The summed E-state index contributed by atoms with van der Waals surface area (Å²) in [7, 11) is 1.35. The molecule has 1 atom stereocenters. The van der Waals surface area contributed by atoms with Gasteiger partial charge in [0.25, 0.3) is 5.56 Å². The molecule has 106 valence electrons. The number of aromatic nitrogens is 6. The van der Waals surface area contributed by atoms with Crippen molar-refractivity contribution in [2.45, 2.75) is 19.5 Å². The number of hydrogen-bond acceptors (Lipinski definition) is 6. The van der Waals surface area contributed by atoms with Crippen molar-refractivity contribution in [3.63, 3.8) is 0 Å². The second-order valence-electron chi connectivity index (χ2n) is 4.18. The molecule has 10 heteroatoms. The van der Waals surface area contributed by atoms with Gasteiger partial charge in [-0.1, -0.05) is 5.21 Å². The van der Waals surface area contributed by atoms with E-state index < -0.39 is 23.2 Å².